The molecule has 1 aliphatic heterocycles. The van der Waals surface area contributed by atoms with E-state index in [0.717, 1.165) is 0 Å². The Morgan fingerprint density at radius 3 is 2.25 bits per heavy atom. The van der Waals surface area contributed by atoms with Crippen LogP contribution in [0.25, 0.3) is 0 Å². The van der Waals surface area contributed by atoms with E-state index >= 15 is 0 Å². The minimum Gasteiger partial charge on any atom is -0.337 e. The number of aromatic nitrogens is 2. The molecule has 2 amide bonds. The molecule has 0 atom stereocenters. The van der Waals surface area contributed by atoms with Crippen LogP contribution in [0.2, 0.25) is 0 Å². The molecule has 1 aromatic carbocycles. The van der Waals surface area contributed by atoms with E-state index < -0.39 is 17.6 Å². The van der Waals surface area contributed by atoms with Crippen molar-refractivity contribution in [3.63, 3.8) is 0 Å². The molecule has 2 heterocycles. The van der Waals surface area contributed by atoms with Gasteiger partial charge in [-0.2, -0.15) is 0 Å². The van der Waals surface area contributed by atoms with Crippen molar-refractivity contribution in [1.82, 2.24) is 14.9 Å². The molecule has 1 fully saturated rings. The summed E-state index contributed by atoms with van der Waals surface area (Å²) in [5.74, 6) is -1.13. The molecule has 8 heteroatoms. The standard InChI is InChI=1S/C16H16FN5O2/c17-12-2-4-13(5-3-12)20-14(23)15(24)21-8-10-22(11-9-21)16-18-6-1-7-19-16/h1-7H,8-11H2,(H,20,23). The lowest BCUT2D eigenvalue weighted by Gasteiger charge is -2.34. The van der Waals surface area contributed by atoms with Gasteiger partial charge in [0.25, 0.3) is 0 Å². The molecule has 1 aliphatic rings. The highest BCUT2D eigenvalue weighted by Gasteiger charge is 2.26. The van der Waals surface area contributed by atoms with Crippen LogP contribution in [0.4, 0.5) is 16.0 Å². The molecular formula is C16H16FN5O2. The van der Waals surface area contributed by atoms with Gasteiger partial charge in [0.05, 0.1) is 0 Å². The van der Waals surface area contributed by atoms with Crippen molar-refractivity contribution in [1.29, 1.82) is 0 Å². The van der Waals surface area contributed by atoms with Crippen molar-refractivity contribution in [3.8, 4) is 0 Å². The summed E-state index contributed by atoms with van der Waals surface area (Å²) < 4.78 is 12.8. The van der Waals surface area contributed by atoms with E-state index in [4.69, 9.17) is 0 Å². The molecule has 0 radical (unpaired) electrons. The van der Waals surface area contributed by atoms with Crippen molar-refractivity contribution in [2.75, 3.05) is 36.4 Å². The van der Waals surface area contributed by atoms with Gasteiger partial charge < -0.3 is 15.1 Å². The number of anilines is 2. The lowest BCUT2D eigenvalue weighted by molar-refractivity contribution is -0.143. The van der Waals surface area contributed by atoms with Crippen molar-refractivity contribution in [3.05, 3.63) is 48.5 Å². The molecular weight excluding hydrogens is 313 g/mol. The molecule has 0 saturated carbocycles. The fraction of sp³-hybridized carbons (Fsp3) is 0.250. The summed E-state index contributed by atoms with van der Waals surface area (Å²) >= 11 is 0. The number of hydrogen-bond acceptors (Lipinski definition) is 5. The monoisotopic (exact) mass is 329 g/mol. The van der Waals surface area contributed by atoms with Crippen LogP contribution in [0.3, 0.4) is 0 Å². The summed E-state index contributed by atoms with van der Waals surface area (Å²) in [5, 5.41) is 2.47. The number of carbonyl (C=O) groups excluding carboxylic acids is 2. The molecule has 0 bridgehead atoms. The van der Waals surface area contributed by atoms with Gasteiger partial charge in [0.1, 0.15) is 5.82 Å². The molecule has 24 heavy (non-hydrogen) atoms. The average molecular weight is 329 g/mol. The number of hydrogen-bond donors (Lipinski definition) is 1. The van der Waals surface area contributed by atoms with E-state index in [2.05, 4.69) is 15.3 Å². The van der Waals surface area contributed by atoms with Gasteiger partial charge in [0, 0.05) is 44.3 Å². The number of piperazine rings is 1. The molecule has 0 aliphatic carbocycles. The first-order chi connectivity index (χ1) is 11.6. The second-order valence-corrected chi connectivity index (χ2v) is 5.29. The molecule has 0 spiro atoms. The highest BCUT2D eigenvalue weighted by atomic mass is 19.1. The first-order valence-corrected chi connectivity index (χ1v) is 7.51. The van der Waals surface area contributed by atoms with Gasteiger partial charge in [-0.3, -0.25) is 9.59 Å². The van der Waals surface area contributed by atoms with Crippen LogP contribution in [0.1, 0.15) is 0 Å². The van der Waals surface area contributed by atoms with Crippen LogP contribution in [-0.4, -0.2) is 52.9 Å². The van der Waals surface area contributed by atoms with Crippen molar-refractivity contribution < 1.29 is 14.0 Å². The molecule has 1 N–H and O–H groups in total. The molecule has 2 aromatic rings. The summed E-state index contributed by atoms with van der Waals surface area (Å²) in [7, 11) is 0. The predicted molar refractivity (Wildman–Crippen MR) is 85.9 cm³/mol. The van der Waals surface area contributed by atoms with Crippen molar-refractivity contribution in [2.24, 2.45) is 0 Å². The van der Waals surface area contributed by atoms with Gasteiger partial charge in [-0.25, -0.2) is 14.4 Å². The highest BCUT2D eigenvalue weighted by Crippen LogP contribution is 2.11. The minimum absolute atomic E-state index is 0.381. The second kappa shape index (κ2) is 7.03. The fourth-order valence-electron chi connectivity index (χ4n) is 2.43. The Hall–Kier alpha value is -3.03. The van der Waals surface area contributed by atoms with Gasteiger partial charge in [-0.05, 0) is 30.3 Å². The normalized spacial score (nSPS) is 14.4. The average Bonchev–Trinajstić information content (AvgIpc) is 2.64. The first kappa shape index (κ1) is 15.9. The maximum atomic E-state index is 12.8. The van der Waals surface area contributed by atoms with Crippen LogP contribution >= 0.6 is 0 Å². The number of rotatable bonds is 2. The number of nitrogens with one attached hydrogen (secondary N) is 1. The number of nitrogens with zero attached hydrogens (tertiary/aromatic N) is 4. The number of benzene rings is 1. The van der Waals surface area contributed by atoms with Gasteiger partial charge in [-0.1, -0.05) is 0 Å². The largest absolute Gasteiger partial charge is 0.337 e. The zero-order valence-corrected chi connectivity index (χ0v) is 12.9. The Morgan fingerprint density at radius 1 is 1.00 bits per heavy atom. The topological polar surface area (TPSA) is 78.4 Å². The lowest BCUT2D eigenvalue weighted by Crippen LogP contribution is -2.52. The summed E-state index contributed by atoms with van der Waals surface area (Å²) in [6.45, 7) is 1.93. The van der Waals surface area contributed by atoms with Crippen molar-refractivity contribution >= 4 is 23.5 Å². The van der Waals surface area contributed by atoms with E-state index in [9.17, 15) is 14.0 Å². The van der Waals surface area contributed by atoms with Gasteiger partial charge in [0.15, 0.2) is 0 Å². The molecule has 3 rings (SSSR count). The first-order valence-electron chi connectivity index (χ1n) is 7.51. The maximum Gasteiger partial charge on any atom is 0.313 e. The summed E-state index contributed by atoms with van der Waals surface area (Å²) in [6, 6.07) is 7.00. The molecule has 0 unspecified atom stereocenters. The second-order valence-electron chi connectivity index (χ2n) is 5.29. The Morgan fingerprint density at radius 2 is 1.62 bits per heavy atom. The van der Waals surface area contributed by atoms with Crippen LogP contribution in [0.15, 0.2) is 42.7 Å². The quantitative estimate of drug-likeness (QED) is 0.829. The van der Waals surface area contributed by atoms with Gasteiger partial charge in [-0.15, -0.1) is 0 Å². The van der Waals surface area contributed by atoms with E-state index in [-0.39, 0.29) is 0 Å². The fourth-order valence-corrected chi connectivity index (χ4v) is 2.43. The predicted octanol–water partition coefficient (Wildman–Crippen LogP) is 0.903. The van der Waals surface area contributed by atoms with E-state index in [1.54, 1.807) is 18.5 Å². The molecule has 124 valence electrons. The van der Waals surface area contributed by atoms with Crippen LogP contribution in [0, 0.1) is 5.82 Å². The summed E-state index contributed by atoms with van der Waals surface area (Å²) in [5.41, 5.74) is 0.381. The highest BCUT2D eigenvalue weighted by molar-refractivity contribution is 6.39. The Bertz CT molecular complexity index is 715. The molecule has 1 aromatic heterocycles. The Kier molecular flexibility index (Phi) is 4.64. The molecule has 1 saturated heterocycles. The zero-order valence-electron chi connectivity index (χ0n) is 12.9. The van der Waals surface area contributed by atoms with E-state index in [0.29, 0.717) is 37.8 Å². The Labute approximate surface area is 138 Å². The van der Waals surface area contributed by atoms with Crippen molar-refractivity contribution in [2.45, 2.75) is 0 Å². The molecule has 7 nitrogen and oxygen atoms in total. The van der Waals surface area contributed by atoms with E-state index in [1.165, 1.54) is 29.2 Å². The van der Waals surface area contributed by atoms with E-state index in [1.807, 2.05) is 4.90 Å². The number of carbonyl (C=O) groups is 2. The third-order valence-corrected chi connectivity index (χ3v) is 3.70. The van der Waals surface area contributed by atoms with Crippen LogP contribution < -0.4 is 10.2 Å². The number of halogens is 1. The van der Waals surface area contributed by atoms with Crippen LogP contribution in [-0.2, 0) is 9.59 Å². The smallest absolute Gasteiger partial charge is 0.313 e. The summed E-state index contributed by atoms with van der Waals surface area (Å²) in [6.07, 6.45) is 3.33. The maximum absolute atomic E-state index is 12.8. The number of amides is 2. The summed E-state index contributed by atoms with van der Waals surface area (Å²) in [4.78, 5) is 36.0. The lowest BCUT2D eigenvalue weighted by atomic mass is 10.3. The third kappa shape index (κ3) is 3.65. The zero-order chi connectivity index (χ0) is 16.9. The van der Waals surface area contributed by atoms with Gasteiger partial charge in [0.2, 0.25) is 5.95 Å². The Balaban J connectivity index is 1.54. The third-order valence-electron chi connectivity index (χ3n) is 3.70. The van der Waals surface area contributed by atoms with Crippen LogP contribution in [0.5, 0.6) is 0 Å². The SMILES string of the molecule is O=C(Nc1ccc(F)cc1)C(=O)N1CCN(c2ncccn2)CC1. The minimum atomic E-state index is -0.731. The van der Waals surface area contributed by atoms with Gasteiger partial charge >= 0.3 is 11.8 Å².